The Hall–Kier alpha value is -1.18. The molecule has 0 aromatic heterocycles. The van der Waals surface area contributed by atoms with Crippen LogP contribution in [0.15, 0.2) is 0 Å². The summed E-state index contributed by atoms with van der Waals surface area (Å²) in [4.78, 5) is 22.9. The van der Waals surface area contributed by atoms with Gasteiger partial charge >= 0.3 is 11.9 Å². The predicted octanol–water partition coefficient (Wildman–Crippen LogP) is 11.1. The molecule has 1 N–H and O–H groups in total. The molecule has 0 radical (unpaired) electrons. The van der Waals surface area contributed by atoms with Gasteiger partial charge < -0.3 is 24.1 Å². The quantitative estimate of drug-likeness (QED) is 0.0529. The van der Waals surface area contributed by atoms with Crippen LogP contribution in [0.4, 0.5) is 0 Å². The summed E-state index contributed by atoms with van der Waals surface area (Å²) in [5, 5.41) is 10.3. The van der Waals surface area contributed by atoms with Crippen LogP contribution in [0, 0.1) is 23.7 Å². The molecule has 5 unspecified atom stereocenters. The van der Waals surface area contributed by atoms with Crippen molar-refractivity contribution in [3.8, 4) is 0 Å². The van der Waals surface area contributed by atoms with E-state index in [2.05, 4.69) is 13.8 Å². The molecule has 1 saturated heterocycles. The van der Waals surface area contributed by atoms with Crippen molar-refractivity contribution in [2.75, 3.05) is 34.0 Å². The topological polar surface area (TPSA) is 91.3 Å². The summed E-state index contributed by atoms with van der Waals surface area (Å²) in [5.41, 5.74) is 0. The average molecular weight is 697 g/mol. The Kier molecular flexibility index (Phi) is 30.6. The summed E-state index contributed by atoms with van der Waals surface area (Å²) in [6.45, 7) is 6.32. The first-order chi connectivity index (χ1) is 24.0. The molecule has 7 heteroatoms. The van der Waals surface area contributed by atoms with Crippen molar-refractivity contribution in [3.05, 3.63) is 0 Å². The van der Waals surface area contributed by atoms with Gasteiger partial charge in [0.05, 0.1) is 27.4 Å². The second-order valence-corrected chi connectivity index (χ2v) is 15.2. The first-order valence-electron chi connectivity index (χ1n) is 20.9. The van der Waals surface area contributed by atoms with E-state index in [4.69, 9.17) is 18.9 Å². The van der Waals surface area contributed by atoms with Crippen LogP contribution in [0.1, 0.15) is 194 Å². The summed E-state index contributed by atoms with van der Waals surface area (Å²) in [6, 6.07) is 0. The average Bonchev–Trinajstić information content (AvgIpc) is 3.12. The molecule has 0 aromatic carbocycles. The predicted molar refractivity (Wildman–Crippen MR) is 201 cm³/mol. The Morgan fingerprint density at radius 2 is 1.14 bits per heavy atom. The largest absolute Gasteiger partial charge is 0.469 e. The van der Waals surface area contributed by atoms with E-state index in [0.29, 0.717) is 43.1 Å². The van der Waals surface area contributed by atoms with E-state index in [9.17, 15) is 14.7 Å². The van der Waals surface area contributed by atoms with Crippen LogP contribution in [0.3, 0.4) is 0 Å². The van der Waals surface area contributed by atoms with Gasteiger partial charge in [-0.15, -0.1) is 0 Å². The second kappa shape index (κ2) is 32.7. The minimum Gasteiger partial charge on any atom is -0.469 e. The van der Waals surface area contributed by atoms with Gasteiger partial charge in [-0.3, -0.25) is 9.59 Å². The molecular weight excluding hydrogens is 616 g/mol. The third kappa shape index (κ3) is 25.4. The van der Waals surface area contributed by atoms with Gasteiger partial charge in [0.25, 0.3) is 0 Å². The molecule has 49 heavy (non-hydrogen) atoms. The molecule has 1 heterocycles. The van der Waals surface area contributed by atoms with Gasteiger partial charge in [0, 0.05) is 25.4 Å². The standard InChI is InChI=1S/C42H80O7/c1-5-7-9-13-19-25-36(33-43)31-37(26-21-15-11-17-23-29-40(44)46-3)34-48-42-39(28-22-16-12-18-24-30-41(45)47-4)32-38(35-49-42)27-20-14-10-8-6-2/h36-39,42-43H,5-35H2,1-4H3. The van der Waals surface area contributed by atoms with Gasteiger partial charge in [-0.05, 0) is 69.1 Å². The fourth-order valence-corrected chi connectivity index (χ4v) is 7.58. The maximum absolute atomic E-state index is 11.4. The van der Waals surface area contributed by atoms with Crippen molar-refractivity contribution in [1.82, 2.24) is 0 Å². The van der Waals surface area contributed by atoms with Crippen LogP contribution in [0.5, 0.6) is 0 Å². The van der Waals surface area contributed by atoms with Gasteiger partial charge in [-0.25, -0.2) is 0 Å². The van der Waals surface area contributed by atoms with E-state index in [1.54, 1.807) is 0 Å². The number of carbonyl (C=O) groups excluding carboxylic acids is 2. The van der Waals surface area contributed by atoms with Crippen LogP contribution < -0.4 is 0 Å². The van der Waals surface area contributed by atoms with E-state index < -0.39 is 0 Å². The fourth-order valence-electron chi connectivity index (χ4n) is 7.58. The molecule has 0 bridgehead atoms. The van der Waals surface area contributed by atoms with Crippen LogP contribution in [0.25, 0.3) is 0 Å². The number of carbonyl (C=O) groups is 2. The van der Waals surface area contributed by atoms with Crippen molar-refractivity contribution in [3.63, 3.8) is 0 Å². The second-order valence-electron chi connectivity index (χ2n) is 15.2. The molecule has 0 saturated carbocycles. The molecule has 1 fully saturated rings. The zero-order valence-corrected chi connectivity index (χ0v) is 32.7. The van der Waals surface area contributed by atoms with Gasteiger partial charge in [0.2, 0.25) is 0 Å². The van der Waals surface area contributed by atoms with Gasteiger partial charge in [-0.1, -0.05) is 129 Å². The van der Waals surface area contributed by atoms with Crippen LogP contribution in [-0.2, 0) is 28.5 Å². The summed E-state index contributed by atoms with van der Waals surface area (Å²) < 4.78 is 22.8. The van der Waals surface area contributed by atoms with E-state index in [0.717, 1.165) is 77.2 Å². The highest BCUT2D eigenvalue weighted by Gasteiger charge is 2.32. The van der Waals surface area contributed by atoms with Crippen molar-refractivity contribution >= 4 is 11.9 Å². The number of unbranched alkanes of at least 4 members (excludes halogenated alkanes) is 16. The molecule has 0 aromatic rings. The number of hydrogen-bond acceptors (Lipinski definition) is 7. The van der Waals surface area contributed by atoms with Crippen molar-refractivity contribution in [2.24, 2.45) is 23.7 Å². The highest BCUT2D eigenvalue weighted by atomic mass is 16.7. The summed E-state index contributed by atoms with van der Waals surface area (Å²) >= 11 is 0. The first-order valence-corrected chi connectivity index (χ1v) is 20.9. The van der Waals surface area contributed by atoms with Crippen molar-refractivity contribution < 1.29 is 33.6 Å². The number of methoxy groups -OCH3 is 2. The molecule has 0 spiro atoms. The number of aliphatic hydroxyl groups excluding tert-OH is 1. The van der Waals surface area contributed by atoms with Gasteiger partial charge in [-0.2, -0.15) is 0 Å². The Balaban J connectivity index is 2.72. The zero-order chi connectivity index (χ0) is 35.8. The Morgan fingerprint density at radius 3 is 1.69 bits per heavy atom. The third-order valence-electron chi connectivity index (χ3n) is 10.8. The van der Waals surface area contributed by atoms with Crippen LogP contribution in [-0.4, -0.2) is 57.4 Å². The normalized spacial score (nSPS) is 19.1. The maximum Gasteiger partial charge on any atom is 0.305 e. The summed E-state index contributed by atoms with van der Waals surface area (Å²) in [7, 11) is 2.92. The molecule has 0 aliphatic carbocycles. The number of hydrogen-bond donors (Lipinski definition) is 1. The number of ether oxygens (including phenoxy) is 4. The zero-order valence-electron chi connectivity index (χ0n) is 32.7. The van der Waals surface area contributed by atoms with Crippen LogP contribution in [0.2, 0.25) is 0 Å². The SMILES string of the molecule is CCCCCCCC(CO)CC(CCCCCCCC(=O)OC)COC1OCC(CCCCCCC)CC1CCCCCCCC(=O)OC. The van der Waals surface area contributed by atoms with Gasteiger partial charge in [0.15, 0.2) is 6.29 Å². The van der Waals surface area contributed by atoms with E-state index in [-0.39, 0.29) is 24.8 Å². The fraction of sp³-hybridized carbons (Fsp3) is 0.952. The molecule has 5 atom stereocenters. The third-order valence-corrected chi connectivity index (χ3v) is 10.8. The lowest BCUT2D eigenvalue weighted by Crippen LogP contribution is -2.37. The minimum atomic E-state index is -0.127. The van der Waals surface area contributed by atoms with E-state index >= 15 is 0 Å². The maximum atomic E-state index is 11.4. The number of aliphatic hydroxyl groups is 1. The lowest BCUT2D eigenvalue weighted by molar-refractivity contribution is -0.214. The molecular formula is C42H80O7. The van der Waals surface area contributed by atoms with E-state index in [1.165, 1.54) is 111 Å². The highest BCUT2D eigenvalue weighted by Crippen LogP contribution is 2.34. The Labute approximate surface area is 302 Å². The lowest BCUT2D eigenvalue weighted by atomic mass is 9.84. The number of esters is 2. The summed E-state index contributed by atoms with van der Waals surface area (Å²) in [6.07, 6.45) is 31.6. The molecule has 1 rings (SSSR count). The van der Waals surface area contributed by atoms with Crippen molar-refractivity contribution in [2.45, 2.75) is 200 Å². The Morgan fingerprint density at radius 1 is 0.653 bits per heavy atom. The molecule has 290 valence electrons. The summed E-state index contributed by atoms with van der Waals surface area (Å²) in [5.74, 6) is 1.62. The van der Waals surface area contributed by atoms with E-state index in [1.807, 2.05) is 0 Å². The Bertz CT molecular complexity index is 759. The van der Waals surface area contributed by atoms with Crippen molar-refractivity contribution in [1.29, 1.82) is 0 Å². The smallest absolute Gasteiger partial charge is 0.305 e. The minimum absolute atomic E-state index is 0.105. The molecule has 7 nitrogen and oxygen atoms in total. The monoisotopic (exact) mass is 697 g/mol. The number of rotatable bonds is 34. The lowest BCUT2D eigenvalue weighted by Gasteiger charge is -2.37. The molecule has 1 aliphatic rings. The molecule has 1 aliphatic heterocycles. The highest BCUT2D eigenvalue weighted by molar-refractivity contribution is 5.69. The first kappa shape index (κ1) is 45.8. The van der Waals surface area contributed by atoms with Gasteiger partial charge in [0.1, 0.15) is 0 Å². The molecule has 0 amide bonds. The van der Waals surface area contributed by atoms with Crippen LogP contribution >= 0.6 is 0 Å².